The van der Waals surface area contributed by atoms with Crippen LogP contribution in [-0.4, -0.2) is 78.3 Å². The molecule has 3 aromatic rings. The Balaban J connectivity index is 1.20. The van der Waals surface area contributed by atoms with Gasteiger partial charge in [0.2, 0.25) is 5.95 Å². The second kappa shape index (κ2) is 10.4. The zero-order valence-corrected chi connectivity index (χ0v) is 22.5. The Bertz CT molecular complexity index is 1280. The number of piperidine rings is 1. The quantitative estimate of drug-likeness (QED) is 0.465. The van der Waals surface area contributed by atoms with Crippen molar-refractivity contribution in [1.29, 1.82) is 0 Å². The molecule has 0 saturated carbocycles. The largest absolute Gasteiger partial charge is 0.381 e. The molecule has 6 nitrogen and oxygen atoms in total. The van der Waals surface area contributed by atoms with Crippen molar-refractivity contribution in [3.05, 3.63) is 46.3 Å². The molecule has 0 radical (unpaired) electrons. The second-order valence-electron chi connectivity index (χ2n) is 11.0. The molecule has 4 aliphatic rings. The van der Waals surface area contributed by atoms with Gasteiger partial charge in [0.1, 0.15) is 0 Å². The number of rotatable bonds is 5. The average molecular weight is 516 g/mol. The second-order valence-corrected chi connectivity index (χ2v) is 11.9. The summed E-state index contributed by atoms with van der Waals surface area (Å²) in [5.74, 6) is 0.922. The van der Waals surface area contributed by atoms with E-state index < -0.39 is 0 Å². The fraction of sp³-hybridized carbons (Fsp3) is 0.533. The smallest absolute Gasteiger partial charge is 0.226 e. The van der Waals surface area contributed by atoms with E-state index in [0.717, 1.165) is 77.1 Å². The molecule has 0 atom stereocenters. The summed E-state index contributed by atoms with van der Waals surface area (Å²) in [5.41, 5.74) is 7.66. The zero-order valence-electron chi connectivity index (χ0n) is 21.7. The molecule has 0 spiro atoms. The molecule has 3 saturated heterocycles. The van der Waals surface area contributed by atoms with Gasteiger partial charge in [-0.05, 0) is 55.0 Å². The van der Waals surface area contributed by atoms with Crippen molar-refractivity contribution in [2.24, 2.45) is 0 Å². The normalized spacial score (nSPS) is 21.7. The van der Waals surface area contributed by atoms with Gasteiger partial charge in [-0.15, -0.1) is 11.3 Å². The lowest BCUT2D eigenvalue weighted by Gasteiger charge is -2.40. The third-order valence-electron chi connectivity index (χ3n) is 8.70. The maximum Gasteiger partial charge on any atom is 0.226 e. The first kappa shape index (κ1) is 23.8. The van der Waals surface area contributed by atoms with Gasteiger partial charge in [0.05, 0.1) is 15.9 Å². The fourth-order valence-electron chi connectivity index (χ4n) is 6.56. The lowest BCUT2D eigenvalue weighted by molar-refractivity contribution is 0.0127. The van der Waals surface area contributed by atoms with Gasteiger partial charge in [0.15, 0.2) is 0 Å². The Hall–Kier alpha value is -2.32. The molecule has 37 heavy (non-hydrogen) atoms. The highest BCUT2D eigenvalue weighted by atomic mass is 32.1. The summed E-state index contributed by atoms with van der Waals surface area (Å²) in [6, 6.07) is 7.41. The molecule has 1 aromatic carbocycles. The van der Waals surface area contributed by atoms with Gasteiger partial charge in [-0.2, -0.15) is 0 Å². The molecule has 3 fully saturated rings. The van der Waals surface area contributed by atoms with Crippen molar-refractivity contribution in [2.75, 3.05) is 57.4 Å². The number of hydrogen-bond acceptors (Lipinski definition) is 7. The van der Waals surface area contributed by atoms with Crippen LogP contribution in [0.1, 0.15) is 48.8 Å². The van der Waals surface area contributed by atoms with Gasteiger partial charge in [-0.25, -0.2) is 9.97 Å². The molecule has 7 heteroatoms. The van der Waals surface area contributed by atoms with Crippen LogP contribution in [0.2, 0.25) is 0 Å². The highest BCUT2D eigenvalue weighted by Crippen LogP contribution is 2.39. The number of anilines is 1. The third-order valence-corrected chi connectivity index (χ3v) is 9.72. The SMILES string of the molecule is C1=Cc2c(cccc2-c2nc(N3CCCCC3)nc3c(CN4CCN(C5CCOCC5)CC4)csc23)C1. The van der Waals surface area contributed by atoms with Crippen LogP contribution in [0.25, 0.3) is 27.6 Å². The van der Waals surface area contributed by atoms with E-state index >= 15 is 0 Å². The van der Waals surface area contributed by atoms with Gasteiger partial charge < -0.3 is 9.64 Å². The van der Waals surface area contributed by atoms with Crippen LogP contribution in [0.4, 0.5) is 5.95 Å². The summed E-state index contributed by atoms with van der Waals surface area (Å²) < 4.78 is 6.83. The number of aromatic nitrogens is 2. The number of allylic oxidation sites excluding steroid dienone is 1. The first-order chi connectivity index (χ1) is 18.3. The summed E-state index contributed by atoms with van der Waals surface area (Å²) in [5, 5.41) is 2.35. The highest BCUT2D eigenvalue weighted by molar-refractivity contribution is 7.17. The Kier molecular flexibility index (Phi) is 6.71. The third kappa shape index (κ3) is 4.71. The Labute approximate surface area is 223 Å². The summed E-state index contributed by atoms with van der Waals surface area (Å²) in [4.78, 5) is 18.2. The number of hydrogen-bond donors (Lipinski definition) is 0. The average Bonchev–Trinajstić information content (AvgIpc) is 3.61. The summed E-state index contributed by atoms with van der Waals surface area (Å²) >= 11 is 1.83. The van der Waals surface area contributed by atoms with E-state index in [-0.39, 0.29) is 0 Å². The molecule has 0 unspecified atom stereocenters. The molecule has 3 aliphatic heterocycles. The lowest BCUT2D eigenvalue weighted by atomic mass is 10.0. The molecule has 0 bridgehead atoms. The first-order valence-electron chi connectivity index (χ1n) is 14.2. The molecule has 0 amide bonds. The molecular weight excluding hydrogens is 478 g/mol. The topological polar surface area (TPSA) is 44.7 Å². The van der Waals surface area contributed by atoms with Crippen LogP contribution < -0.4 is 4.90 Å². The minimum atomic E-state index is 0.710. The molecule has 2 aromatic heterocycles. The number of piperazine rings is 1. The first-order valence-corrected chi connectivity index (χ1v) is 15.1. The monoisotopic (exact) mass is 515 g/mol. The highest BCUT2D eigenvalue weighted by Gasteiger charge is 2.27. The minimum Gasteiger partial charge on any atom is -0.381 e. The van der Waals surface area contributed by atoms with Crippen LogP contribution in [-0.2, 0) is 17.7 Å². The molecular formula is C30H37N5OS. The molecule has 7 rings (SSSR count). The fourth-order valence-corrected chi connectivity index (χ4v) is 7.56. The van der Waals surface area contributed by atoms with Crippen molar-refractivity contribution < 1.29 is 4.74 Å². The maximum atomic E-state index is 5.59. The van der Waals surface area contributed by atoms with Crippen LogP contribution in [0.5, 0.6) is 0 Å². The van der Waals surface area contributed by atoms with Crippen molar-refractivity contribution in [2.45, 2.75) is 51.1 Å². The van der Waals surface area contributed by atoms with Gasteiger partial charge in [0.25, 0.3) is 0 Å². The molecule has 1 aliphatic carbocycles. The number of thiophene rings is 1. The molecule has 5 heterocycles. The predicted octanol–water partition coefficient (Wildman–Crippen LogP) is 5.21. The van der Waals surface area contributed by atoms with Crippen molar-refractivity contribution >= 4 is 33.6 Å². The standard InChI is InChI=1S/C30H37N5OS/c1-2-12-35(13-3-1)30-31-27-23(20-33-14-16-34(17-15-33)24-10-18-36-19-11-24)21-37-29(27)28(32-30)26-9-5-7-22-6-4-8-25(22)26/h4-5,7-9,21,24H,1-3,6,10-20H2. The Morgan fingerprint density at radius 3 is 2.62 bits per heavy atom. The van der Waals surface area contributed by atoms with Crippen LogP contribution in [0.3, 0.4) is 0 Å². The van der Waals surface area contributed by atoms with E-state index in [1.807, 2.05) is 11.3 Å². The number of benzene rings is 1. The number of fused-ring (bicyclic) bond motifs is 2. The van der Waals surface area contributed by atoms with E-state index in [9.17, 15) is 0 Å². The molecule has 0 N–H and O–H groups in total. The van der Waals surface area contributed by atoms with E-state index in [0.29, 0.717) is 6.04 Å². The van der Waals surface area contributed by atoms with E-state index in [1.165, 1.54) is 64.6 Å². The predicted molar refractivity (Wildman–Crippen MR) is 152 cm³/mol. The van der Waals surface area contributed by atoms with Crippen molar-refractivity contribution in [3.63, 3.8) is 0 Å². The number of ether oxygens (including phenoxy) is 1. The lowest BCUT2D eigenvalue weighted by Crippen LogP contribution is -2.51. The summed E-state index contributed by atoms with van der Waals surface area (Å²) in [6.45, 7) is 9.52. The van der Waals surface area contributed by atoms with Crippen LogP contribution >= 0.6 is 11.3 Å². The van der Waals surface area contributed by atoms with E-state index in [4.69, 9.17) is 14.7 Å². The van der Waals surface area contributed by atoms with Crippen molar-refractivity contribution in [3.8, 4) is 11.3 Å². The zero-order chi connectivity index (χ0) is 24.6. The van der Waals surface area contributed by atoms with Crippen LogP contribution in [0.15, 0.2) is 29.7 Å². The van der Waals surface area contributed by atoms with Gasteiger partial charge >= 0.3 is 0 Å². The van der Waals surface area contributed by atoms with Crippen LogP contribution in [0, 0.1) is 0 Å². The van der Waals surface area contributed by atoms with Crippen molar-refractivity contribution in [1.82, 2.24) is 19.8 Å². The number of nitrogens with zero attached hydrogens (tertiary/aromatic N) is 5. The summed E-state index contributed by atoms with van der Waals surface area (Å²) in [6.07, 6.45) is 11.7. The maximum absolute atomic E-state index is 5.59. The minimum absolute atomic E-state index is 0.710. The van der Waals surface area contributed by atoms with Gasteiger partial charge in [-0.3, -0.25) is 9.80 Å². The van der Waals surface area contributed by atoms with Gasteiger partial charge in [0, 0.05) is 76.2 Å². The Morgan fingerprint density at radius 2 is 1.78 bits per heavy atom. The van der Waals surface area contributed by atoms with E-state index in [2.05, 4.69) is 50.4 Å². The Morgan fingerprint density at radius 1 is 0.946 bits per heavy atom. The molecule has 194 valence electrons. The van der Waals surface area contributed by atoms with Gasteiger partial charge in [-0.1, -0.05) is 30.4 Å². The van der Waals surface area contributed by atoms with E-state index in [1.54, 1.807) is 0 Å². The summed E-state index contributed by atoms with van der Waals surface area (Å²) in [7, 11) is 0.